The van der Waals surface area contributed by atoms with E-state index >= 15 is 0 Å². The smallest absolute Gasteiger partial charge is 0.287 e. The highest BCUT2D eigenvalue weighted by Crippen LogP contribution is 2.51. The summed E-state index contributed by atoms with van der Waals surface area (Å²) < 4.78 is 4.83. The second-order valence-electron chi connectivity index (χ2n) is 12.0. The standard InChI is InChI=1S/C34H33Cl4N6.HI/c1-4-40-29-15-23(35)25(37)17-31(29)42-12-10-27-21(33(40)42)14-22-28(44(27)39-20-8-6-19(3)7-9-20)11-13-43-32-18-26(38)24(36)16-30(32)41(5-2)34(22)43;/h6-9,14-18,27-28,39H,4-5,10-13H2,1-3H3;1H/q+1;/p-1. The summed E-state index contributed by atoms with van der Waals surface area (Å²) in [7, 11) is 0. The number of aromatic nitrogens is 2. The van der Waals surface area contributed by atoms with Crippen molar-refractivity contribution in [2.75, 3.05) is 28.3 Å². The maximum absolute atomic E-state index is 6.57. The molecular formula is C34H33Cl4IN6. The second kappa shape index (κ2) is 11.8. The molecule has 0 saturated heterocycles. The van der Waals surface area contributed by atoms with E-state index in [2.05, 4.69) is 80.5 Å². The van der Waals surface area contributed by atoms with Crippen LogP contribution in [0.25, 0.3) is 16.6 Å². The molecular weight excluding hydrogens is 761 g/mol. The van der Waals surface area contributed by atoms with Crippen molar-refractivity contribution in [3.8, 4) is 0 Å². The van der Waals surface area contributed by atoms with Gasteiger partial charge in [0.05, 0.1) is 62.2 Å². The second-order valence-corrected chi connectivity index (χ2v) is 13.6. The average Bonchev–Trinajstić information content (AvgIpc) is 3.49. The number of anilines is 3. The molecule has 4 aliphatic heterocycles. The molecule has 0 spiro atoms. The monoisotopic (exact) mass is 792 g/mol. The van der Waals surface area contributed by atoms with Gasteiger partial charge in [0.15, 0.2) is 11.0 Å². The lowest BCUT2D eigenvalue weighted by Gasteiger charge is -2.48. The first-order valence-corrected chi connectivity index (χ1v) is 16.8. The largest absolute Gasteiger partial charge is 1.00 e. The lowest BCUT2D eigenvalue weighted by atomic mass is 9.85. The van der Waals surface area contributed by atoms with E-state index in [1.807, 2.05) is 24.3 Å². The number of hydrazine groups is 1. The number of imidazole rings is 1. The van der Waals surface area contributed by atoms with E-state index in [-0.39, 0.29) is 36.1 Å². The summed E-state index contributed by atoms with van der Waals surface area (Å²) in [6.07, 6.45) is 4.41. The van der Waals surface area contributed by atoms with Gasteiger partial charge in [-0.05, 0) is 57.5 Å². The van der Waals surface area contributed by atoms with Crippen LogP contribution < -0.4 is 43.8 Å². The van der Waals surface area contributed by atoms with Gasteiger partial charge in [0.1, 0.15) is 5.82 Å². The number of nitrogens with one attached hydrogen (secondary N) is 1. The van der Waals surface area contributed by atoms with Crippen molar-refractivity contribution < 1.29 is 28.5 Å². The molecule has 2 atom stereocenters. The van der Waals surface area contributed by atoms with Crippen molar-refractivity contribution in [3.63, 3.8) is 0 Å². The first kappa shape index (κ1) is 31.5. The number of hydrogen-bond donors (Lipinski definition) is 1. The summed E-state index contributed by atoms with van der Waals surface area (Å²) in [5.41, 5.74) is 13.3. The Bertz CT molecular complexity index is 1860. The molecule has 0 saturated carbocycles. The molecule has 6 nitrogen and oxygen atoms in total. The van der Waals surface area contributed by atoms with E-state index in [4.69, 9.17) is 46.4 Å². The van der Waals surface area contributed by atoms with E-state index in [0.717, 1.165) is 67.1 Å². The van der Waals surface area contributed by atoms with Gasteiger partial charge in [-0.1, -0.05) is 64.1 Å². The van der Waals surface area contributed by atoms with Crippen LogP contribution in [0.2, 0.25) is 20.1 Å². The van der Waals surface area contributed by atoms with Crippen LogP contribution in [0.15, 0.2) is 66.0 Å². The van der Waals surface area contributed by atoms with Crippen molar-refractivity contribution >= 4 is 80.1 Å². The maximum atomic E-state index is 6.57. The van der Waals surface area contributed by atoms with Gasteiger partial charge in [0, 0.05) is 42.9 Å². The minimum absolute atomic E-state index is 0. The van der Waals surface area contributed by atoms with Crippen LogP contribution in [-0.4, -0.2) is 34.7 Å². The molecule has 11 heteroatoms. The van der Waals surface area contributed by atoms with Gasteiger partial charge < -0.3 is 39.2 Å². The molecule has 0 radical (unpaired) electrons. The molecule has 0 aliphatic carbocycles. The van der Waals surface area contributed by atoms with Crippen LogP contribution in [0.3, 0.4) is 0 Å². The fraction of sp³-hybridized carbons (Fsp3) is 0.324. The van der Waals surface area contributed by atoms with Crippen LogP contribution in [0.1, 0.15) is 38.1 Å². The molecule has 1 aromatic heterocycles. The third-order valence-corrected chi connectivity index (χ3v) is 11.1. The normalized spacial score (nSPS) is 20.3. The average molecular weight is 794 g/mol. The Kier molecular flexibility index (Phi) is 8.27. The Morgan fingerprint density at radius 3 is 2.24 bits per heavy atom. The summed E-state index contributed by atoms with van der Waals surface area (Å²) in [5.74, 6) is 2.42. The minimum Gasteiger partial charge on any atom is -1.00 e. The molecule has 8 rings (SSSR count). The molecule has 4 aliphatic rings. The third-order valence-electron chi connectivity index (χ3n) is 9.63. The predicted octanol–water partition coefficient (Wildman–Crippen LogP) is 5.70. The van der Waals surface area contributed by atoms with Crippen LogP contribution in [0.5, 0.6) is 0 Å². The van der Waals surface area contributed by atoms with E-state index in [0.29, 0.717) is 20.1 Å². The number of benzene rings is 3. The molecule has 0 fully saturated rings. The molecule has 45 heavy (non-hydrogen) atoms. The molecule has 5 heterocycles. The number of fused-ring (bicyclic) bond motifs is 9. The first-order chi connectivity index (χ1) is 21.3. The quantitative estimate of drug-likeness (QED) is 0.212. The van der Waals surface area contributed by atoms with Crippen molar-refractivity contribution in [2.24, 2.45) is 0 Å². The number of nitrogens with zero attached hydrogens (tertiary/aromatic N) is 5. The van der Waals surface area contributed by atoms with Gasteiger partial charge in [-0.25, -0.2) is 14.1 Å². The Morgan fingerprint density at radius 2 is 1.53 bits per heavy atom. The Hall–Kier alpha value is -2.14. The van der Waals surface area contributed by atoms with Crippen LogP contribution >= 0.6 is 46.4 Å². The SMILES string of the molecule is CCN1C2=C3C=C4c5n(CC)c6cc(Cl)c(Cl)cc6[n+]5CCC4N(Nc4ccc(C)cc4)C3CCN2c2cc(Cl)c(Cl)cc21.[I-]. The fourth-order valence-electron chi connectivity index (χ4n) is 7.71. The summed E-state index contributed by atoms with van der Waals surface area (Å²) in [4.78, 5) is 4.83. The summed E-state index contributed by atoms with van der Waals surface area (Å²) in [5, 5.41) is 4.84. The zero-order valence-corrected chi connectivity index (χ0v) is 30.4. The topological polar surface area (TPSA) is 30.6 Å². The highest BCUT2D eigenvalue weighted by Gasteiger charge is 2.49. The lowest BCUT2D eigenvalue weighted by Crippen LogP contribution is -3.00. The predicted molar refractivity (Wildman–Crippen MR) is 183 cm³/mol. The number of rotatable bonds is 4. The van der Waals surface area contributed by atoms with Gasteiger partial charge in [-0.15, -0.1) is 0 Å². The van der Waals surface area contributed by atoms with E-state index in [1.54, 1.807) is 0 Å². The molecule has 3 aromatic carbocycles. The zero-order chi connectivity index (χ0) is 30.4. The van der Waals surface area contributed by atoms with Crippen LogP contribution in [0, 0.1) is 6.92 Å². The van der Waals surface area contributed by atoms with Crippen LogP contribution in [0.4, 0.5) is 17.1 Å². The Morgan fingerprint density at radius 1 is 0.844 bits per heavy atom. The third kappa shape index (κ3) is 4.79. The van der Waals surface area contributed by atoms with Crippen molar-refractivity contribution in [1.29, 1.82) is 0 Å². The molecule has 0 bridgehead atoms. The van der Waals surface area contributed by atoms with Crippen LogP contribution in [-0.2, 0) is 13.1 Å². The van der Waals surface area contributed by atoms with E-state index in [1.165, 1.54) is 28.4 Å². The molecule has 2 unspecified atom stereocenters. The van der Waals surface area contributed by atoms with Gasteiger partial charge >= 0.3 is 0 Å². The summed E-state index contributed by atoms with van der Waals surface area (Å²) >= 11 is 26.3. The highest BCUT2D eigenvalue weighted by molar-refractivity contribution is 6.43. The fourth-order valence-corrected chi connectivity index (χ4v) is 8.34. The van der Waals surface area contributed by atoms with Gasteiger partial charge in [-0.3, -0.25) is 0 Å². The number of halogens is 5. The van der Waals surface area contributed by atoms with E-state index in [9.17, 15) is 0 Å². The summed E-state index contributed by atoms with van der Waals surface area (Å²) in [6, 6.07) is 17.1. The zero-order valence-electron chi connectivity index (χ0n) is 25.2. The van der Waals surface area contributed by atoms with Gasteiger partial charge in [-0.2, -0.15) is 0 Å². The van der Waals surface area contributed by atoms with Crippen molar-refractivity contribution in [1.82, 2.24) is 9.58 Å². The molecule has 4 aromatic rings. The lowest BCUT2D eigenvalue weighted by molar-refractivity contribution is -0.679. The maximum Gasteiger partial charge on any atom is 0.287 e. The van der Waals surface area contributed by atoms with E-state index < -0.39 is 0 Å². The number of hydrogen-bond acceptors (Lipinski definition) is 4. The summed E-state index contributed by atoms with van der Waals surface area (Å²) in [6.45, 7) is 9.93. The van der Waals surface area contributed by atoms with Gasteiger partial charge in [0.25, 0.3) is 5.82 Å². The number of aryl methyl sites for hydroxylation is 3. The molecule has 1 N–H and O–H groups in total. The van der Waals surface area contributed by atoms with Crippen molar-refractivity contribution in [2.45, 2.75) is 58.8 Å². The molecule has 0 amide bonds. The molecule has 234 valence electrons. The Labute approximate surface area is 300 Å². The van der Waals surface area contributed by atoms with Crippen molar-refractivity contribution in [3.05, 3.63) is 97.5 Å². The highest BCUT2D eigenvalue weighted by atomic mass is 127. The van der Waals surface area contributed by atoms with Gasteiger partial charge in [0.2, 0.25) is 0 Å². The minimum atomic E-state index is 0. The first-order valence-electron chi connectivity index (χ1n) is 15.3. The Balaban J connectivity index is 0.00000325.